The van der Waals surface area contributed by atoms with E-state index in [4.69, 9.17) is 21.1 Å². The highest BCUT2D eigenvalue weighted by atomic mass is 35.5. The molecule has 1 unspecified atom stereocenters. The lowest BCUT2D eigenvalue weighted by molar-refractivity contribution is 0.0659. The van der Waals surface area contributed by atoms with Crippen molar-refractivity contribution in [2.24, 2.45) is 0 Å². The zero-order valence-corrected chi connectivity index (χ0v) is 26.3. The van der Waals surface area contributed by atoms with Gasteiger partial charge in [0.15, 0.2) is 0 Å². The minimum atomic E-state index is -3.62. The van der Waals surface area contributed by atoms with Gasteiger partial charge in [0, 0.05) is 53.6 Å². The van der Waals surface area contributed by atoms with E-state index in [1.54, 1.807) is 60.1 Å². The van der Waals surface area contributed by atoms with Crippen molar-refractivity contribution in [3.05, 3.63) is 93.7 Å². The van der Waals surface area contributed by atoms with Crippen LogP contribution < -0.4 is 9.46 Å². The van der Waals surface area contributed by atoms with Crippen molar-refractivity contribution in [1.29, 1.82) is 0 Å². The zero-order valence-electron chi connectivity index (χ0n) is 24.0. The van der Waals surface area contributed by atoms with E-state index in [2.05, 4.69) is 14.7 Å². The molecule has 1 N–H and O–H groups in total. The van der Waals surface area contributed by atoms with Crippen molar-refractivity contribution in [2.75, 3.05) is 26.9 Å². The minimum Gasteiger partial charge on any atom is -0.491 e. The van der Waals surface area contributed by atoms with Gasteiger partial charge in [-0.3, -0.25) is 9.78 Å². The van der Waals surface area contributed by atoms with Gasteiger partial charge in [-0.25, -0.2) is 18.1 Å². The number of hydrogen-bond acceptors (Lipinski definition) is 8. The Bertz CT molecular complexity index is 1680. The van der Waals surface area contributed by atoms with E-state index in [0.29, 0.717) is 60.5 Å². The average molecular weight is 641 g/mol. The van der Waals surface area contributed by atoms with Gasteiger partial charge in [0.2, 0.25) is 10.0 Å². The molecule has 43 heavy (non-hydrogen) atoms. The largest absolute Gasteiger partial charge is 0.491 e. The summed E-state index contributed by atoms with van der Waals surface area (Å²) >= 11 is 7.78. The summed E-state index contributed by atoms with van der Waals surface area (Å²) in [6, 6.07) is 14.0. The van der Waals surface area contributed by atoms with Gasteiger partial charge in [-0.05, 0) is 72.9 Å². The summed E-state index contributed by atoms with van der Waals surface area (Å²) < 4.78 is 39.4. The number of methoxy groups -OCH3 is 1. The molecular weight excluding hydrogens is 608 g/mol. The molecule has 2 aromatic carbocycles. The first-order valence-electron chi connectivity index (χ1n) is 14.0. The Morgan fingerprint density at radius 3 is 2.74 bits per heavy atom. The Labute approximate surface area is 260 Å². The predicted molar refractivity (Wildman–Crippen MR) is 167 cm³/mol. The first-order chi connectivity index (χ1) is 20.8. The standard InChI is InChI=1S/C31H33ClN4O5S2/c1-3-10-34-43(38,39)27-8-6-21-15-26(16-23(21)17-27)36(19-24-14-25(32)7-9-29(24)41-13-12-40-2)31(37)28-20-42-30(35-28)22-5-4-11-33-18-22/h4-9,11,14,17-18,20,26,34H,3,10,12-13,15-16,19H2,1-2H3. The summed E-state index contributed by atoms with van der Waals surface area (Å²) in [4.78, 5) is 25.0. The number of benzene rings is 2. The predicted octanol–water partition coefficient (Wildman–Crippen LogP) is 5.38. The third-order valence-electron chi connectivity index (χ3n) is 7.18. The van der Waals surface area contributed by atoms with Gasteiger partial charge >= 0.3 is 0 Å². The van der Waals surface area contributed by atoms with Crippen LogP contribution in [0.2, 0.25) is 5.02 Å². The minimum absolute atomic E-state index is 0.225. The van der Waals surface area contributed by atoms with Crippen molar-refractivity contribution < 1.29 is 22.7 Å². The normalized spacial score (nSPS) is 14.4. The maximum absolute atomic E-state index is 14.2. The van der Waals surface area contributed by atoms with Crippen LogP contribution in [-0.2, 0) is 34.1 Å². The summed E-state index contributed by atoms with van der Waals surface area (Å²) in [5.74, 6) is 0.379. The molecule has 0 saturated heterocycles. The number of fused-ring (bicyclic) bond motifs is 1. The smallest absolute Gasteiger partial charge is 0.273 e. The fourth-order valence-electron chi connectivity index (χ4n) is 5.02. The number of nitrogens with one attached hydrogen (secondary N) is 1. The van der Waals surface area contributed by atoms with Gasteiger partial charge in [-0.2, -0.15) is 0 Å². The van der Waals surface area contributed by atoms with E-state index in [1.165, 1.54) is 11.3 Å². The Hall–Kier alpha value is -3.35. The first-order valence-corrected chi connectivity index (χ1v) is 16.7. The van der Waals surface area contributed by atoms with Crippen molar-refractivity contribution in [2.45, 2.75) is 43.7 Å². The molecule has 4 aromatic rings. The quantitative estimate of drug-likeness (QED) is 0.195. The molecule has 9 nitrogen and oxygen atoms in total. The maximum Gasteiger partial charge on any atom is 0.273 e. The van der Waals surface area contributed by atoms with Gasteiger partial charge in [-0.15, -0.1) is 11.3 Å². The van der Waals surface area contributed by atoms with Gasteiger partial charge in [0.05, 0.1) is 18.0 Å². The first kappa shape index (κ1) is 31.1. The highest BCUT2D eigenvalue weighted by molar-refractivity contribution is 7.89. The number of aromatic nitrogens is 2. The van der Waals surface area contributed by atoms with Crippen molar-refractivity contribution >= 4 is 38.9 Å². The van der Waals surface area contributed by atoms with Crippen LogP contribution in [0.25, 0.3) is 10.6 Å². The van der Waals surface area contributed by atoms with Crippen LogP contribution in [-0.4, -0.2) is 62.1 Å². The van der Waals surface area contributed by atoms with E-state index in [-0.39, 0.29) is 23.4 Å². The molecule has 12 heteroatoms. The second-order valence-corrected chi connectivity index (χ2v) is 13.3. The molecule has 1 aliphatic carbocycles. The molecule has 0 fully saturated rings. The van der Waals surface area contributed by atoms with Crippen LogP contribution in [0.3, 0.4) is 0 Å². The summed E-state index contributed by atoms with van der Waals surface area (Å²) in [5.41, 5.74) is 3.83. The summed E-state index contributed by atoms with van der Waals surface area (Å²) in [5, 5.41) is 2.99. The SMILES string of the molecule is CCCNS(=O)(=O)c1ccc2c(c1)CC(N(Cc1cc(Cl)ccc1OCCOC)C(=O)c1csc(-c3cccnc3)n1)C2. The second-order valence-electron chi connectivity index (χ2n) is 10.2. The fourth-order valence-corrected chi connectivity index (χ4v) is 7.18. The summed E-state index contributed by atoms with van der Waals surface area (Å²) in [7, 11) is -2.01. The summed E-state index contributed by atoms with van der Waals surface area (Å²) in [6.07, 6.45) is 5.18. The van der Waals surface area contributed by atoms with Crippen molar-refractivity contribution in [3.63, 3.8) is 0 Å². The molecule has 1 aliphatic rings. The van der Waals surface area contributed by atoms with E-state index < -0.39 is 10.0 Å². The number of carbonyl (C=O) groups is 1. The molecule has 0 spiro atoms. The fraction of sp³-hybridized carbons (Fsp3) is 0.323. The molecule has 0 radical (unpaired) electrons. The number of amides is 1. The highest BCUT2D eigenvalue weighted by Gasteiger charge is 2.33. The van der Waals surface area contributed by atoms with Crippen molar-refractivity contribution in [3.8, 4) is 16.3 Å². The lowest BCUT2D eigenvalue weighted by Crippen LogP contribution is -2.40. The zero-order chi connectivity index (χ0) is 30.4. The number of nitrogens with zero attached hydrogens (tertiary/aromatic N) is 3. The van der Waals surface area contributed by atoms with Gasteiger partial charge < -0.3 is 14.4 Å². The number of hydrogen-bond donors (Lipinski definition) is 1. The van der Waals surface area contributed by atoms with Crippen LogP contribution >= 0.6 is 22.9 Å². The van der Waals surface area contributed by atoms with Crippen LogP contribution in [0.4, 0.5) is 0 Å². The number of halogens is 1. The molecule has 1 atom stereocenters. The highest BCUT2D eigenvalue weighted by Crippen LogP contribution is 2.33. The molecule has 1 amide bonds. The number of ether oxygens (including phenoxy) is 2. The van der Waals surface area contributed by atoms with Crippen LogP contribution in [0.5, 0.6) is 5.75 Å². The Kier molecular flexibility index (Phi) is 10.1. The number of carbonyl (C=O) groups excluding carboxylic acids is 1. The summed E-state index contributed by atoms with van der Waals surface area (Å²) in [6.45, 7) is 3.27. The third-order valence-corrected chi connectivity index (χ3v) is 9.77. The van der Waals surface area contributed by atoms with Crippen LogP contribution in [0, 0.1) is 0 Å². The molecule has 0 saturated carbocycles. The Morgan fingerprint density at radius 2 is 1.98 bits per heavy atom. The lowest BCUT2D eigenvalue weighted by Gasteiger charge is -2.29. The molecule has 0 bridgehead atoms. The third kappa shape index (κ3) is 7.42. The average Bonchev–Trinajstić information content (AvgIpc) is 3.68. The van der Waals surface area contributed by atoms with E-state index in [0.717, 1.165) is 22.3 Å². The number of rotatable bonds is 13. The van der Waals surface area contributed by atoms with Gasteiger partial charge in [0.25, 0.3) is 5.91 Å². The second kappa shape index (κ2) is 14.0. The van der Waals surface area contributed by atoms with Crippen molar-refractivity contribution in [1.82, 2.24) is 19.6 Å². The topological polar surface area (TPSA) is 111 Å². The molecular formula is C31H33ClN4O5S2. The lowest BCUT2D eigenvalue weighted by atomic mass is 10.1. The molecule has 2 heterocycles. The molecule has 226 valence electrons. The number of pyridine rings is 1. The van der Waals surface area contributed by atoms with Gasteiger partial charge in [-0.1, -0.05) is 24.6 Å². The molecule has 5 rings (SSSR count). The Morgan fingerprint density at radius 1 is 1.14 bits per heavy atom. The Balaban J connectivity index is 1.47. The van der Waals surface area contributed by atoms with E-state index >= 15 is 0 Å². The van der Waals surface area contributed by atoms with E-state index in [9.17, 15) is 13.2 Å². The molecule has 2 aromatic heterocycles. The number of thiazole rings is 1. The maximum atomic E-state index is 14.2. The molecule has 0 aliphatic heterocycles. The van der Waals surface area contributed by atoms with Crippen LogP contribution in [0.1, 0.15) is 40.5 Å². The number of sulfonamides is 1. The van der Waals surface area contributed by atoms with E-state index in [1.807, 2.05) is 25.1 Å². The van der Waals surface area contributed by atoms with Gasteiger partial charge in [0.1, 0.15) is 23.1 Å². The van der Waals surface area contributed by atoms with Crippen LogP contribution in [0.15, 0.2) is 71.2 Å². The monoisotopic (exact) mass is 640 g/mol.